The Balaban J connectivity index is 2.16. The Kier molecular flexibility index (Phi) is 2.78. The second-order valence-corrected chi connectivity index (χ2v) is 5.11. The Morgan fingerprint density at radius 1 is 1.22 bits per heavy atom. The maximum absolute atomic E-state index is 12.2. The topological polar surface area (TPSA) is 32.9 Å². The van der Waals surface area contributed by atoms with Gasteiger partial charge in [-0.3, -0.25) is 4.79 Å². The lowest BCUT2D eigenvalue weighted by Crippen LogP contribution is -2.18. The van der Waals surface area contributed by atoms with E-state index in [0.717, 1.165) is 23.2 Å². The van der Waals surface area contributed by atoms with Crippen molar-refractivity contribution in [2.45, 2.75) is 32.1 Å². The van der Waals surface area contributed by atoms with Crippen LogP contribution in [0.4, 0.5) is 0 Å². The van der Waals surface area contributed by atoms with Crippen molar-refractivity contribution in [3.8, 4) is 11.1 Å². The van der Waals surface area contributed by atoms with E-state index in [2.05, 4.69) is 18.0 Å². The minimum atomic E-state index is 0.0358. The maximum atomic E-state index is 12.2. The van der Waals surface area contributed by atoms with E-state index < -0.39 is 0 Å². The number of hydrogen-bond acceptors (Lipinski definition) is 1. The molecule has 0 amide bonds. The third-order valence-corrected chi connectivity index (χ3v) is 3.82. The van der Waals surface area contributed by atoms with Crippen LogP contribution in [0, 0.1) is 0 Å². The molecular formula is C16H17NO. The number of hydrogen-bond donors (Lipinski definition) is 1. The van der Waals surface area contributed by atoms with Crippen molar-refractivity contribution in [1.29, 1.82) is 0 Å². The van der Waals surface area contributed by atoms with E-state index in [1.165, 1.54) is 18.4 Å². The fraction of sp³-hybridized carbons (Fsp3) is 0.312. The van der Waals surface area contributed by atoms with E-state index in [4.69, 9.17) is 0 Å². The van der Waals surface area contributed by atoms with E-state index in [1.807, 2.05) is 30.3 Å². The van der Waals surface area contributed by atoms with Crippen molar-refractivity contribution in [2.24, 2.45) is 0 Å². The lowest BCUT2D eigenvalue weighted by atomic mass is 9.87. The fourth-order valence-electron chi connectivity index (χ4n) is 2.81. The molecule has 0 spiro atoms. The van der Waals surface area contributed by atoms with Crippen LogP contribution in [0.5, 0.6) is 0 Å². The second-order valence-electron chi connectivity index (χ2n) is 5.11. The molecule has 1 aliphatic carbocycles. The van der Waals surface area contributed by atoms with E-state index in [-0.39, 0.29) is 5.56 Å². The number of benzene rings is 1. The third kappa shape index (κ3) is 1.88. The molecule has 0 aliphatic heterocycles. The minimum Gasteiger partial charge on any atom is -0.325 e. The van der Waals surface area contributed by atoms with Crippen LogP contribution >= 0.6 is 0 Å². The van der Waals surface area contributed by atoms with E-state index in [1.54, 1.807) is 0 Å². The van der Waals surface area contributed by atoms with Crippen LogP contribution in [0.25, 0.3) is 11.1 Å². The molecule has 2 aromatic rings. The number of rotatable bonds is 1. The van der Waals surface area contributed by atoms with Gasteiger partial charge in [-0.1, -0.05) is 37.3 Å². The van der Waals surface area contributed by atoms with Crippen LogP contribution in [0.15, 0.2) is 41.2 Å². The molecule has 92 valence electrons. The fourth-order valence-corrected chi connectivity index (χ4v) is 2.81. The highest BCUT2D eigenvalue weighted by atomic mass is 16.1. The molecule has 0 fully saturated rings. The van der Waals surface area contributed by atoms with Crippen LogP contribution in [-0.4, -0.2) is 4.98 Å². The van der Waals surface area contributed by atoms with Gasteiger partial charge in [-0.05, 0) is 42.4 Å². The summed E-state index contributed by atoms with van der Waals surface area (Å²) in [7, 11) is 0. The summed E-state index contributed by atoms with van der Waals surface area (Å²) in [5.41, 5.74) is 4.29. The number of fused-ring (bicyclic) bond motifs is 1. The first-order valence-corrected chi connectivity index (χ1v) is 6.57. The normalized spacial score (nSPS) is 18.4. The molecule has 0 saturated heterocycles. The summed E-state index contributed by atoms with van der Waals surface area (Å²) in [4.78, 5) is 15.3. The van der Waals surface area contributed by atoms with E-state index in [9.17, 15) is 4.79 Å². The van der Waals surface area contributed by atoms with Gasteiger partial charge in [0.2, 0.25) is 0 Å². The molecule has 1 atom stereocenters. The molecule has 0 radical (unpaired) electrons. The predicted molar refractivity (Wildman–Crippen MR) is 73.9 cm³/mol. The van der Waals surface area contributed by atoms with Gasteiger partial charge in [0.1, 0.15) is 0 Å². The molecule has 1 heterocycles. The van der Waals surface area contributed by atoms with Crippen molar-refractivity contribution in [1.82, 2.24) is 4.98 Å². The van der Waals surface area contributed by atoms with E-state index >= 15 is 0 Å². The summed E-state index contributed by atoms with van der Waals surface area (Å²) in [6.45, 7) is 2.19. The molecular weight excluding hydrogens is 222 g/mol. The SMILES string of the molecule is CC1CCCc2cc(-c3ccccc3)c(=O)[nH]c21. The first kappa shape index (κ1) is 11.3. The molecule has 1 aromatic carbocycles. The number of H-pyrrole nitrogens is 1. The predicted octanol–water partition coefficient (Wildman–Crippen LogP) is 3.48. The Morgan fingerprint density at radius 3 is 2.78 bits per heavy atom. The molecule has 0 bridgehead atoms. The smallest absolute Gasteiger partial charge is 0.256 e. The second kappa shape index (κ2) is 4.45. The minimum absolute atomic E-state index is 0.0358. The third-order valence-electron chi connectivity index (χ3n) is 3.82. The molecule has 18 heavy (non-hydrogen) atoms. The standard InChI is InChI=1S/C16H17NO/c1-11-6-5-9-13-10-14(16(18)17-15(11)13)12-7-3-2-4-8-12/h2-4,7-8,10-11H,5-6,9H2,1H3,(H,17,18). The molecule has 2 heteroatoms. The highest BCUT2D eigenvalue weighted by Gasteiger charge is 2.19. The molecule has 1 aliphatic rings. The quantitative estimate of drug-likeness (QED) is 0.812. The number of aromatic nitrogens is 1. The van der Waals surface area contributed by atoms with Gasteiger partial charge >= 0.3 is 0 Å². The van der Waals surface area contributed by atoms with Gasteiger partial charge in [-0.2, -0.15) is 0 Å². The van der Waals surface area contributed by atoms with Crippen LogP contribution in [0.1, 0.15) is 36.9 Å². The maximum Gasteiger partial charge on any atom is 0.256 e. The summed E-state index contributed by atoms with van der Waals surface area (Å²) in [6.07, 6.45) is 3.47. The molecule has 2 nitrogen and oxygen atoms in total. The van der Waals surface area contributed by atoms with Gasteiger partial charge in [-0.25, -0.2) is 0 Å². The van der Waals surface area contributed by atoms with Gasteiger partial charge < -0.3 is 4.98 Å². The highest BCUT2D eigenvalue weighted by molar-refractivity contribution is 5.63. The summed E-state index contributed by atoms with van der Waals surface area (Å²) in [5.74, 6) is 0.478. The van der Waals surface area contributed by atoms with Crippen molar-refractivity contribution in [3.63, 3.8) is 0 Å². The van der Waals surface area contributed by atoms with Gasteiger partial charge in [0.05, 0.1) is 0 Å². The summed E-state index contributed by atoms with van der Waals surface area (Å²) in [6, 6.07) is 12.0. The van der Waals surface area contributed by atoms with Gasteiger partial charge in [-0.15, -0.1) is 0 Å². The van der Waals surface area contributed by atoms with Crippen LogP contribution in [0.2, 0.25) is 0 Å². The van der Waals surface area contributed by atoms with Crippen molar-refractivity contribution < 1.29 is 0 Å². The van der Waals surface area contributed by atoms with Crippen molar-refractivity contribution in [2.75, 3.05) is 0 Å². The lowest BCUT2D eigenvalue weighted by molar-refractivity contribution is 0.572. The average molecular weight is 239 g/mol. The van der Waals surface area contributed by atoms with E-state index in [0.29, 0.717) is 5.92 Å². The molecule has 3 rings (SSSR count). The molecule has 0 saturated carbocycles. The number of aromatic amines is 1. The molecule has 1 N–H and O–H groups in total. The molecule has 1 unspecified atom stereocenters. The van der Waals surface area contributed by atoms with Crippen molar-refractivity contribution >= 4 is 0 Å². The van der Waals surface area contributed by atoms with Gasteiger partial charge in [0.15, 0.2) is 0 Å². The Hall–Kier alpha value is -1.83. The average Bonchev–Trinajstić information content (AvgIpc) is 2.40. The zero-order valence-corrected chi connectivity index (χ0v) is 10.6. The molecule has 1 aromatic heterocycles. The first-order chi connectivity index (χ1) is 8.75. The zero-order chi connectivity index (χ0) is 12.5. The largest absolute Gasteiger partial charge is 0.325 e. The van der Waals surface area contributed by atoms with Crippen LogP contribution in [0.3, 0.4) is 0 Å². The number of aryl methyl sites for hydroxylation is 1. The Morgan fingerprint density at radius 2 is 2.00 bits per heavy atom. The summed E-state index contributed by atoms with van der Waals surface area (Å²) < 4.78 is 0. The zero-order valence-electron chi connectivity index (χ0n) is 10.6. The van der Waals surface area contributed by atoms with Gasteiger partial charge in [0.25, 0.3) is 5.56 Å². The first-order valence-electron chi connectivity index (χ1n) is 6.57. The Bertz CT molecular complexity index is 613. The summed E-state index contributed by atoms with van der Waals surface area (Å²) >= 11 is 0. The summed E-state index contributed by atoms with van der Waals surface area (Å²) in [5, 5.41) is 0. The highest BCUT2D eigenvalue weighted by Crippen LogP contribution is 2.30. The monoisotopic (exact) mass is 239 g/mol. The van der Waals surface area contributed by atoms with Crippen molar-refractivity contribution in [3.05, 3.63) is 58.0 Å². The van der Waals surface area contributed by atoms with Crippen LogP contribution < -0.4 is 5.56 Å². The number of nitrogens with one attached hydrogen (secondary N) is 1. The van der Waals surface area contributed by atoms with Crippen LogP contribution in [-0.2, 0) is 6.42 Å². The van der Waals surface area contributed by atoms with Gasteiger partial charge in [0, 0.05) is 11.3 Å². The Labute approximate surface area is 107 Å². The lowest BCUT2D eigenvalue weighted by Gasteiger charge is -2.22. The number of pyridine rings is 1.